The van der Waals surface area contributed by atoms with E-state index in [2.05, 4.69) is 31.6 Å². The Morgan fingerprint density at radius 1 is 1.15 bits per heavy atom. The maximum atomic E-state index is 5.36. The molecule has 13 heavy (non-hydrogen) atoms. The van der Waals surface area contributed by atoms with Gasteiger partial charge in [-0.1, -0.05) is 20.8 Å². The quantitative estimate of drug-likeness (QED) is 0.546. The Morgan fingerprint density at radius 2 is 1.69 bits per heavy atom. The monoisotopic (exact) mass is 181 g/mol. The minimum Gasteiger partial charge on any atom is -0.299 e. The van der Waals surface area contributed by atoms with Crippen LogP contribution in [0.4, 0.5) is 0 Å². The van der Waals surface area contributed by atoms with Gasteiger partial charge < -0.3 is 0 Å². The molecule has 1 atom stereocenters. The van der Waals surface area contributed by atoms with E-state index in [1.54, 1.807) is 0 Å². The maximum absolute atomic E-state index is 5.36. The molecule has 1 nitrogen and oxygen atoms in total. The SMILES string of the molecule is C#CCC(CC)N(CCC)CCC. The molecule has 0 aliphatic carbocycles. The second kappa shape index (κ2) is 8.13. The average molecular weight is 181 g/mol. The van der Waals surface area contributed by atoms with Gasteiger partial charge in [-0.25, -0.2) is 0 Å². The summed E-state index contributed by atoms with van der Waals surface area (Å²) in [6, 6.07) is 0.602. The average Bonchev–Trinajstić information content (AvgIpc) is 2.14. The standard InChI is InChI=1S/C12H23N/c1-5-9-12(8-4)13(10-6-2)11-7-3/h1,12H,6-11H2,2-4H3. The molecule has 0 heterocycles. The van der Waals surface area contributed by atoms with Crippen molar-refractivity contribution in [3.8, 4) is 12.3 Å². The summed E-state index contributed by atoms with van der Waals surface area (Å²) in [5.41, 5.74) is 0. The highest BCUT2D eigenvalue weighted by Crippen LogP contribution is 2.09. The summed E-state index contributed by atoms with van der Waals surface area (Å²) in [6.07, 6.45) is 9.88. The van der Waals surface area contributed by atoms with Crippen molar-refractivity contribution < 1.29 is 0 Å². The lowest BCUT2D eigenvalue weighted by Crippen LogP contribution is -2.35. The third-order valence-corrected chi connectivity index (χ3v) is 2.36. The molecular formula is C12H23N. The highest BCUT2D eigenvalue weighted by Gasteiger charge is 2.13. The minimum atomic E-state index is 0.602. The van der Waals surface area contributed by atoms with E-state index in [-0.39, 0.29) is 0 Å². The number of terminal acetylenes is 1. The number of hydrogen-bond acceptors (Lipinski definition) is 1. The van der Waals surface area contributed by atoms with Crippen molar-refractivity contribution in [2.75, 3.05) is 13.1 Å². The van der Waals surface area contributed by atoms with Crippen LogP contribution in [0.5, 0.6) is 0 Å². The smallest absolute Gasteiger partial charge is 0.0242 e. The number of nitrogens with zero attached hydrogens (tertiary/aromatic N) is 1. The topological polar surface area (TPSA) is 3.24 Å². The summed E-state index contributed by atoms with van der Waals surface area (Å²) in [5, 5.41) is 0. The summed E-state index contributed by atoms with van der Waals surface area (Å²) >= 11 is 0. The summed E-state index contributed by atoms with van der Waals surface area (Å²) in [5.74, 6) is 2.77. The van der Waals surface area contributed by atoms with Crippen molar-refractivity contribution in [1.82, 2.24) is 4.90 Å². The molecule has 1 heteroatoms. The summed E-state index contributed by atoms with van der Waals surface area (Å²) in [7, 11) is 0. The molecular weight excluding hydrogens is 158 g/mol. The normalized spacial score (nSPS) is 12.8. The van der Waals surface area contributed by atoms with Crippen LogP contribution in [0.15, 0.2) is 0 Å². The molecule has 0 amide bonds. The van der Waals surface area contributed by atoms with Crippen LogP contribution >= 0.6 is 0 Å². The van der Waals surface area contributed by atoms with Crippen LogP contribution < -0.4 is 0 Å². The molecule has 0 saturated heterocycles. The second-order valence-corrected chi connectivity index (χ2v) is 3.51. The van der Waals surface area contributed by atoms with Crippen molar-refractivity contribution in [2.45, 2.75) is 52.5 Å². The summed E-state index contributed by atoms with van der Waals surface area (Å²) < 4.78 is 0. The molecule has 0 radical (unpaired) electrons. The highest BCUT2D eigenvalue weighted by atomic mass is 15.1. The van der Waals surface area contributed by atoms with Crippen molar-refractivity contribution in [3.05, 3.63) is 0 Å². The van der Waals surface area contributed by atoms with Crippen molar-refractivity contribution >= 4 is 0 Å². The Bertz CT molecular complexity index is 140. The fourth-order valence-corrected chi connectivity index (χ4v) is 1.72. The Labute approximate surface area is 83.5 Å². The fourth-order valence-electron chi connectivity index (χ4n) is 1.72. The molecule has 0 fully saturated rings. The van der Waals surface area contributed by atoms with Gasteiger partial charge in [0.25, 0.3) is 0 Å². The molecule has 0 rings (SSSR count). The van der Waals surface area contributed by atoms with Gasteiger partial charge in [0.1, 0.15) is 0 Å². The highest BCUT2D eigenvalue weighted by molar-refractivity contribution is 4.90. The van der Waals surface area contributed by atoms with E-state index in [9.17, 15) is 0 Å². The molecule has 0 saturated carbocycles. The lowest BCUT2D eigenvalue weighted by Gasteiger charge is -2.29. The first-order valence-electron chi connectivity index (χ1n) is 5.47. The van der Waals surface area contributed by atoms with E-state index in [0.717, 1.165) is 6.42 Å². The van der Waals surface area contributed by atoms with E-state index in [4.69, 9.17) is 6.42 Å². The van der Waals surface area contributed by atoms with Gasteiger partial charge in [-0.3, -0.25) is 4.90 Å². The molecule has 1 unspecified atom stereocenters. The van der Waals surface area contributed by atoms with Crippen LogP contribution in [-0.2, 0) is 0 Å². The zero-order valence-electron chi connectivity index (χ0n) is 9.34. The first-order chi connectivity index (χ1) is 6.29. The molecule has 0 aromatic rings. The predicted octanol–water partition coefficient (Wildman–Crippen LogP) is 2.91. The van der Waals surface area contributed by atoms with Gasteiger partial charge >= 0.3 is 0 Å². The van der Waals surface area contributed by atoms with Crippen molar-refractivity contribution in [2.24, 2.45) is 0 Å². The first-order valence-corrected chi connectivity index (χ1v) is 5.47. The maximum Gasteiger partial charge on any atom is 0.0242 e. The van der Waals surface area contributed by atoms with Crippen molar-refractivity contribution in [1.29, 1.82) is 0 Å². The lowest BCUT2D eigenvalue weighted by atomic mass is 10.1. The van der Waals surface area contributed by atoms with E-state index < -0.39 is 0 Å². The molecule has 0 aliphatic rings. The van der Waals surface area contributed by atoms with Crippen LogP contribution in [0.1, 0.15) is 46.5 Å². The van der Waals surface area contributed by atoms with Gasteiger partial charge in [-0.2, -0.15) is 0 Å². The number of hydrogen-bond donors (Lipinski definition) is 0. The lowest BCUT2D eigenvalue weighted by molar-refractivity contribution is 0.194. The van der Waals surface area contributed by atoms with E-state index in [0.29, 0.717) is 6.04 Å². The van der Waals surface area contributed by atoms with Gasteiger partial charge in [-0.05, 0) is 32.4 Å². The van der Waals surface area contributed by atoms with E-state index >= 15 is 0 Å². The molecule has 0 aromatic heterocycles. The van der Waals surface area contributed by atoms with E-state index in [1.165, 1.54) is 32.4 Å². The minimum absolute atomic E-state index is 0.602. The van der Waals surface area contributed by atoms with Crippen LogP contribution in [0.25, 0.3) is 0 Å². The largest absolute Gasteiger partial charge is 0.299 e. The third kappa shape index (κ3) is 4.95. The van der Waals surface area contributed by atoms with Gasteiger partial charge in [0.05, 0.1) is 0 Å². The van der Waals surface area contributed by atoms with Crippen LogP contribution in [0.2, 0.25) is 0 Å². The first kappa shape index (κ1) is 12.5. The van der Waals surface area contributed by atoms with Gasteiger partial charge in [-0.15, -0.1) is 12.3 Å². The Hall–Kier alpha value is -0.480. The van der Waals surface area contributed by atoms with Crippen LogP contribution in [0, 0.1) is 12.3 Å². The zero-order chi connectivity index (χ0) is 10.1. The van der Waals surface area contributed by atoms with Crippen LogP contribution in [0.3, 0.4) is 0 Å². The third-order valence-electron chi connectivity index (χ3n) is 2.36. The van der Waals surface area contributed by atoms with Gasteiger partial charge in [0.15, 0.2) is 0 Å². The Kier molecular flexibility index (Phi) is 7.83. The Balaban J connectivity index is 4.04. The van der Waals surface area contributed by atoms with Crippen LogP contribution in [-0.4, -0.2) is 24.0 Å². The zero-order valence-corrected chi connectivity index (χ0v) is 9.34. The second-order valence-electron chi connectivity index (χ2n) is 3.51. The molecule has 0 bridgehead atoms. The molecule has 0 aliphatic heterocycles. The molecule has 0 N–H and O–H groups in total. The Morgan fingerprint density at radius 3 is 2.00 bits per heavy atom. The number of rotatable bonds is 7. The molecule has 76 valence electrons. The predicted molar refractivity (Wildman–Crippen MR) is 59.7 cm³/mol. The van der Waals surface area contributed by atoms with Gasteiger partial charge in [0, 0.05) is 12.5 Å². The summed E-state index contributed by atoms with van der Waals surface area (Å²) in [6.45, 7) is 9.05. The summed E-state index contributed by atoms with van der Waals surface area (Å²) in [4.78, 5) is 2.53. The molecule has 0 aromatic carbocycles. The van der Waals surface area contributed by atoms with Gasteiger partial charge in [0.2, 0.25) is 0 Å². The van der Waals surface area contributed by atoms with Crippen molar-refractivity contribution in [3.63, 3.8) is 0 Å². The fraction of sp³-hybridized carbons (Fsp3) is 0.833. The van der Waals surface area contributed by atoms with E-state index in [1.807, 2.05) is 0 Å². The molecule has 0 spiro atoms.